The average Bonchev–Trinajstić information content (AvgIpc) is 3.23. The molecule has 0 bridgehead atoms. The quantitative estimate of drug-likeness (QED) is 0.881. The third kappa shape index (κ3) is 4.16. The minimum Gasteiger partial charge on any atom is -0.326 e. The summed E-state index contributed by atoms with van der Waals surface area (Å²) in [6.07, 6.45) is 3.06. The number of carbonyl (C=O) groups excluding carboxylic acids is 1. The van der Waals surface area contributed by atoms with Gasteiger partial charge >= 0.3 is 6.03 Å². The van der Waals surface area contributed by atoms with Gasteiger partial charge in [-0.1, -0.05) is 0 Å². The highest BCUT2D eigenvalue weighted by Crippen LogP contribution is 2.23. The Morgan fingerprint density at radius 3 is 2.88 bits per heavy atom. The molecular weight excluding hydrogens is 325 g/mol. The first-order valence-electron chi connectivity index (χ1n) is 8.29. The normalized spacial score (nSPS) is 20.8. The third-order valence-corrected chi connectivity index (χ3v) is 4.54. The second-order valence-corrected chi connectivity index (χ2v) is 6.55. The Morgan fingerprint density at radius 1 is 1.44 bits per heavy atom. The molecule has 3 heterocycles. The lowest BCUT2D eigenvalue weighted by Crippen LogP contribution is -2.42. The van der Waals surface area contributed by atoms with Crippen LogP contribution in [-0.2, 0) is 20.6 Å². The van der Waals surface area contributed by atoms with Crippen LogP contribution in [0.5, 0.6) is 0 Å². The van der Waals surface area contributed by atoms with E-state index < -0.39 is 6.17 Å². The van der Waals surface area contributed by atoms with Gasteiger partial charge in [0.1, 0.15) is 6.17 Å². The van der Waals surface area contributed by atoms with Crippen molar-refractivity contribution in [2.75, 3.05) is 25.5 Å². The summed E-state index contributed by atoms with van der Waals surface area (Å²) in [4.78, 5) is 16.0. The maximum Gasteiger partial charge on any atom is 0.322 e. The number of nitrogens with zero attached hydrogens (tertiary/aromatic N) is 6. The van der Waals surface area contributed by atoms with Gasteiger partial charge in [-0.3, -0.25) is 19.6 Å². The predicted octanol–water partition coefficient (Wildman–Crippen LogP) is 1.23. The van der Waals surface area contributed by atoms with Crippen molar-refractivity contribution in [2.24, 2.45) is 14.1 Å². The van der Waals surface area contributed by atoms with Gasteiger partial charge in [0.2, 0.25) is 0 Å². The summed E-state index contributed by atoms with van der Waals surface area (Å²) < 4.78 is 17.4. The zero-order chi connectivity index (χ0) is 18.0. The molecule has 0 radical (unpaired) electrons. The SMILES string of the molecule is CN(C[C@@H]1C[C@H](F)CN1Cc1ccnn1C)C(=O)Nc1ccn(C)n1. The van der Waals surface area contributed by atoms with E-state index in [0.29, 0.717) is 31.9 Å². The second kappa shape index (κ2) is 7.22. The van der Waals surface area contributed by atoms with E-state index in [1.807, 2.05) is 13.1 Å². The molecule has 1 saturated heterocycles. The summed E-state index contributed by atoms with van der Waals surface area (Å²) in [5.41, 5.74) is 1.03. The van der Waals surface area contributed by atoms with E-state index in [1.165, 1.54) is 0 Å². The van der Waals surface area contributed by atoms with E-state index in [0.717, 1.165) is 5.69 Å². The summed E-state index contributed by atoms with van der Waals surface area (Å²) in [6.45, 7) is 1.46. The highest BCUT2D eigenvalue weighted by atomic mass is 19.1. The molecule has 0 aliphatic carbocycles. The highest BCUT2D eigenvalue weighted by Gasteiger charge is 2.33. The Kier molecular flexibility index (Phi) is 5.03. The molecule has 25 heavy (non-hydrogen) atoms. The van der Waals surface area contributed by atoms with Gasteiger partial charge in [-0.2, -0.15) is 10.2 Å². The first-order chi connectivity index (χ1) is 11.9. The molecule has 9 heteroatoms. The minimum atomic E-state index is -0.870. The molecule has 8 nitrogen and oxygen atoms in total. The van der Waals surface area contributed by atoms with Gasteiger partial charge in [-0.05, 0) is 12.5 Å². The van der Waals surface area contributed by atoms with E-state index in [-0.39, 0.29) is 12.1 Å². The second-order valence-electron chi connectivity index (χ2n) is 6.55. The van der Waals surface area contributed by atoms with E-state index in [4.69, 9.17) is 0 Å². The molecule has 1 aliphatic heterocycles. The van der Waals surface area contributed by atoms with Gasteiger partial charge in [-0.15, -0.1) is 0 Å². The number of urea groups is 1. The molecule has 2 aromatic rings. The van der Waals surface area contributed by atoms with E-state index >= 15 is 0 Å². The Labute approximate surface area is 146 Å². The molecule has 2 amide bonds. The van der Waals surface area contributed by atoms with Gasteiger partial charge in [0, 0.05) is 65.3 Å². The van der Waals surface area contributed by atoms with Crippen LogP contribution in [0.15, 0.2) is 24.5 Å². The Morgan fingerprint density at radius 2 is 2.24 bits per heavy atom. The van der Waals surface area contributed by atoms with Gasteiger partial charge in [-0.25, -0.2) is 9.18 Å². The topological polar surface area (TPSA) is 71.2 Å². The Hall–Kier alpha value is -2.42. The number of carbonyl (C=O) groups is 1. The van der Waals surface area contributed by atoms with Crippen LogP contribution >= 0.6 is 0 Å². The minimum absolute atomic E-state index is 0.0237. The van der Waals surface area contributed by atoms with Crippen LogP contribution in [-0.4, -0.2) is 67.7 Å². The molecule has 0 saturated carbocycles. The van der Waals surface area contributed by atoms with Crippen LogP contribution in [0.2, 0.25) is 0 Å². The lowest BCUT2D eigenvalue weighted by molar-refractivity contribution is 0.180. The molecule has 0 spiro atoms. The molecule has 136 valence electrons. The average molecular weight is 349 g/mol. The number of likely N-dealkylation sites (tertiary alicyclic amines) is 1. The number of likely N-dealkylation sites (N-methyl/N-ethyl adjacent to an activating group) is 1. The van der Waals surface area contributed by atoms with Crippen LogP contribution in [0.3, 0.4) is 0 Å². The van der Waals surface area contributed by atoms with E-state index in [9.17, 15) is 9.18 Å². The van der Waals surface area contributed by atoms with Crippen molar-refractivity contribution in [3.05, 3.63) is 30.2 Å². The number of alkyl halides is 1. The number of aromatic nitrogens is 4. The number of nitrogens with one attached hydrogen (secondary N) is 1. The maximum absolute atomic E-state index is 14.0. The van der Waals surface area contributed by atoms with Gasteiger partial charge < -0.3 is 4.90 Å². The van der Waals surface area contributed by atoms with Crippen LogP contribution in [0.25, 0.3) is 0 Å². The Bertz CT molecular complexity index is 728. The summed E-state index contributed by atoms with van der Waals surface area (Å²) in [6, 6.07) is 3.39. The molecule has 1 aliphatic rings. The molecule has 2 aromatic heterocycles. The van der Waals surface area contributed by atoms with Crippen LogP contribution in [0.4, 0.5) is 15.0 Å². The fourth-order valence-electron chi connectivity index (χ4n) is 3.16. The molecule has 2 atom stereocenters. The number of amides is 2. The van der Waals surface area contributed by atoms with Crippen LogP contribution in [0.1, 0.15) is 12.1 Å². The summed E-state index contributed by atoms with van der Waals surface area (Å²) in [7, 11) is 5.38. The van der Waals surface area contributed by atoms with Crippen molar-refractivity contribution in [1.82, 2.24) is 29.4 Å². The molecule has 3 rings (SSSR count). The van der Waals surface area contributed by atoms with Gasteiger partial charge in [0.05, 0.1) is 5.69 Å². The van der Waals surface area contributed by atoms with Crippen molar-refractivity contribution in [3.63, 3.8) is 0 Å². The molecule has 0 unspecified atom stereocenters. The lowest BCUT2D eigenvalue weighted by atomic mass is 10.2. The van der Waals surface area contributed by atoms with Gasteiger partial charge in [0.25, 0.3) is 0 Å². The van der Waals surface area contributed by atoms with E-state index in [1.54, 1.807) is 46.8 Å². The van der Waals surface area contributed by atoms with Crippen LogP contribution < -0.4 is 5.32 Å². The fraction of sp³-hybridized carbons (Fsp3) is 0.562. The zero-order valence-electron chi connectivity index (χ0n) is 14.8. The first kappa shape index (κ1) is 17.4. The highest BCUT2D eigenvalue weighted by molar-refractivity contribution is 5.88. The summed E-state index contributed by atoms with van der Waals surface area (Å²) in [5, 5.41) is 11.0. The first-order valence-corrected chi connectivity index (χ1v) is 8.29. The van der Waals surface area contributed by atoms with Crippen molar-refractivity contribution in [1.29, 1.82) is 0 Å². The molecule has 0 aromatic carbocycles. The van der Waals surface area contributed by atoms with Crippen molar-refractivity contribution in [3.8, 4) is 0 Å². The molecule has 1 N–H and O–H groups in total. The largest absolute Gasteiger partial charge is 0.326 e. The van der Waals surface area contributed by atoms with Crippen LogP contribution in [0, 0.1) is 0 Å². The van der Waals surface area contributed by atoms with Crippen molar-refractivity contribution >= 4 is 11.8 Å². The standard InChI is InChI=1S/C16H24FN7O/c1-21(16(25)19-15-5-7-22(2)20-15)10-14-8-12(17)9-24(14)11-13-4-6-18-23(13)3/h4-7,12,14H,8-11H2,1-3H3,(H,19,20,25)/t12-,14-/m0/s1. The zero-order valence-corrected chi connectivity index (χ0v) is 14.8. The number of hydrogen-bond donors (Lipinski definition) is 1. The summed E-state index contributed by atoms with van der Waals surface area (Å²) in [5.74, 6) is 0.501. The smallest absolute Gasteiger partial charge is 0.322 e. The van der Waals surface area contributed by atoms with Crippen molar-refractivity contribution < 1.29 is 9.18 Å². The number of anilines is 1. The molecule has 1 fully saturated rings. The Balaban J connectivity index is 1.59. The van der Waals surface area contributed by atoms with E-state index in [2.05, 4.69) is 20.4 Å². The lowest BCUT2D eigenvalue weighted by Gasteiger charge is -2.28. The number of halogens is 1. The monoisotopic (exact) mass is 349 g/mol. The predicted molar refractivity (Wildman–Crippen MR) is 91.8 cm³/mol. The van der Waals surface area contributed by atoms with Gasteiger partial charge in [0.15, 0.2) is 5.82 Å². The molecular formula is C16H24FN7O. The number of aryl methyl sites for hydroxylation is 2. The maximum atomic E-state index is 14.0. The fourth-order valence-corrected chi connectivity index (χ4v) is 3.16. The van der Waals surface area contributed by atoms with Crippen molar-refractivity contribution in [2.45, 2.75) is 25.2 Å². The third-order valence-electron chi connectivity index (χ3n) is 4.54. The number of hydrogen-bond acceptors (Lipinski definition) is 4. The summed E-state index contributed by atoms with van der Waals surface area (Å²) >= 11 is 0. The number of rotatable bonds is 5.